The fourth-order valence-corrected chi connectivity index (χ4v) is 1.89. The molecule has 2 aromatic rings. The molecule has 0 aliphatic heterocycles. The Hall–Kier alpha value is -2.37. The standard InChI is InChI=1S/C16H22N4O2/c1-10(14-19-15(20-22-14)16(2,3)4)18-13(21)9-11-5-7-12(17)8-6-11/h5-8,10H,9,17H2,1-4H3,(H,18,21). The highest BCUT2D eigenvalue weighted by Gasteiger charge is 2.23. The average molecular weight is 302 g/mol. The normalized spacial score (nSPS) is 12.9. The molecule has 3 N–H and O–H groups in total. The lowest BCUT2D eigenvalue weighted by Gasteiger charge is -2.12. The summed E-state index contributed by atoms with van der Waals surface area (Å²) in [7, 11) is 0. The van der Waals surface area contributed by atoms with Gasteiger partial charge in [0.1, 0.15) is 6.04 Å². The van der Waals surface area contributed by atoms with E-state index in [1.165, 1.54) is 0 Å². The van der Waals surface area contributed by atoms with Gasteiger partial charge in [-0.05, 0) is 24.6 Å². The first kappa shape index (κ1) is 16.0. The Bertz CT molecular complexity index is 641. The Balaban J connectivity index is 1.96. The highest BCUT2D eigenvalue weighted by atomic mass is 16.5. The zero-order valence-electron chi connectivity index (χ0n) is 13.4. The van der Waals surface area contributed by atoms with Gasteiger partial charge in [0.2, 0.25) is 11.8 Å². The lowest BCUT2D eigenvalue weighted by atomic mass is 9.96. The Labute approximate surface area is 130 Å². The van der Waals surface area contributed by atoms with E-state index in [0.717, 1.165) is 5.56 Å². The number of amides is 1. The van der Waals surface area contributed by atoms with E-state index in [1.54, 1.807) is 12.1 Å². The summed E-state index contributed by atoms with van der Waals surface area (Å²) in [5, 5.41) is 6.82. The molecule has 0 radical (unpaired) electrons. The molecule has 6 heteroatoms. The molecule has 1 unspecified atom stereocenters. The van der Waals surface area contributed by atoms with Crippen molar-refractivity contribution in [3.8, 4) is 0 Å². The molecule has 2 rings (SSSR count). The van der Waals surface area contributed by atoms with E-state index in [9.17, 15) is 4.79 Å². The highest BCUT2D eigenvalue weighted by molar-refractivity contribution is 5.79. The fraction of sp³-hybridized carbons (Fsp3) is 0.438. The average Bonchev–Trinajstić information content (AvgIpc) is 2.91. The van der Waals surface area contributed by atoms with Crippen molar-refractivity contribution in [1.29, 1.82) is 0 Å². The number of nitrogen functional groups attached to an aromatic ring is 1. The van der Waals surface area contributed by atoms with Crippen molar-refractivity contribution >= 4 is 11.6 Å². The van der Waals surface area contributed by atoms with E-state index < -0.39 is 0 Å². The van der Waals surface area contributed by atoms with Gasteiger partial charge in [-0.25, -0.2) is 0 Å². The number of nitrogens with zero attached hydrogens (tertiary/aromatic N) is 2. The van der Waals surface area contributed by atoms with Gasteiger partial charge in [-0.3, -0.25) is 4.79 Å². The van der Waals surface area contributed by atoms with Gasteiger partial charge in [-0.2, -0.15) is 4.98 Å². The van der Waals surface area contributed by atoms with E-state index in [2.05, 4.69) is 15.5 Å². The van der Waals surface area contributed by atoms with E-state index >= 15 is 0 Å². The Morgan fingerprint density at radius 2 is 1.95 bits per heavy atom. The second-order valence-electron chi connectivity index (χ2n) is 6.41. The van der Waals surface area contributed by atoms with Crippen molar-refractivity contribution in [3.05, 3.63) is 41.5 Å². The molecule has 1 amide bonds. The number of hydrogen-bond acceptors (Lipinski definition) is 5. The largest absolute Gasteiger partial charge is 0.399 e. The molecule has 0 aliphatic carbocycles. The van der Waals surface area contributed by atoms with Crippen LogP contribution in [0.15, 0.2) is 28.8 Å². The predicted molar refractivity (Wildman–Crippen MR) is 84.1 cm³/mol. The third kappa shape index (κ3) is 4.07. The Kier molecular flexibility index (Phi) is 4.49. The summed E-state index contributed by atoms with van der Waals surface area (Å²) < 4.78 is 5.23. The molecule has 1 atom stereocenters. The van der Waals surface area contributed by atoms with Crippen LogP contribution in [0.25, 0.3) is 0 Å². The molecule has 1 aromatic carbocycles. The number of carbonyl (C=O) groups is 1. The molecule has 0 aliphatic rings. The molecule has 0 saturated carbocycles. The van der Waals surface area contributed by atoms with Crippen molar-refractivity contribution < 1.29 is 9.32 Å². The van der Waals surface area contributed by atoms with E-state index in [-0.39, 0.29) is 23.8 Å². The molecule has 22 heavy (non-hydrogen) atoms. The summed E-state index contributed by atoms with van der Waals surface area (Å²) in [6, 6.07) is 6.90. The van der Waals surface area contributed by atoms with Crippen molar-refractivity contribution in [2.75, 3.05) is 5.73 Å². The monoisotopic (exact) mass is 302 g/mol. The van der Waals surface area contributed by atoms with Crippen LogP contribution in [0.4, 0.5) is 5.69 Å². The van der Waals surface area contributed by atoms with Crippen molar-refractivity contribution in [2.45, 2.75) is 45.6 Å². The number of hydrogen-bond donors (Lipinski definition) is 2. The summed E-state index contributed by atoms with van der Waals surface area (Å²) in [4.78, 5) is 16.4. The number of benzene rings is 1. The molecule has 6 nitrogen and oxygen atoms in total. The summed E-state index contributed by atoms with van der Waals surface area (Å²) >= 11 is 0. The minimum Gasteiger partial charge on any atom is -0.399 e. The quantitative estimate of drug-likeness (QED) is 0.846. The molecule has 118 valence electrons. The van der Waals surface area contributed by atoms with Gasteiger partial charge in [0.05, 0.1) is 6.42 Å². The predicted octanol–water partition coefficient (Wildman–Crippen LogP) is 2.37. The first-order valence-corrected chi connectivity index (χ1v) is 7.23. The summed E-state index contributed by atoms with van der Waals surface area (Å²) in [6.07, 6.45) is 0.283. The molecule has 1 aromatic heterocycles. The van der Waals surface area contributed by atoms with Crippen LogP contribution in [0.2, 0.25) is 0 Å². The maximum atomic E-state index is 12.1. The first-order chi connectivity index (χ1) is 10.3. The smallest absolute Gasteiger partial charge is 0.248 e. The molecule has 0 bridgehead atoms. The fourth-order valence-electron chi connectivity index (χ4n) is 1.89. The van der Waals surface area contributed by atoms with Gasteiger partial charge in [0.15, 0.2) is 5.82 Å². The number of rotatable bonds is 4. The van der Waals surface area contributed by atoms with Crippen molar-refractivity contribution in [1.82, 2.24) is 15.5 Å². The van der Waals surface area contributed by atoms with Gasteiger partial charge >= 0.3 is 0 Å². The SMILES string of the molecule is CC(NC(=O)Cc1ccc(N)cc1)c1nc(C(C)(C)C)no1. The maximum absolute atomic E-state index is 12.1. The number of anilines is 1. The molecule has 0 saturated heterocycles. The lowest BCUT2D eigenvalue weighted by Crippen LogP contribution is -2.28. The Morgan fingerprint density at radius 1 is 1.32 bits per heavy atom. The van der Waals surface area contributed by atoms with Crippen molar-refractivity contribution in [3.63, 3.8) is 0 Å². The third-order valence-electron chi connectivity index (χ3n) is 3.20. The second-order valence-corrected chi connectivity index (χ2v) is 6.41. The minimum absolute atomic E-state index is 0.104. The van der Waals surface area contributed by atoms with Gasteiger partial charge in [0.25, 0.3) is 0 Å². The zero-order valence-corrected chi connectivity index (χ0v) is 13.4. The topological polar surface area (TPSA) is 94.0 Å². The van der Waals surface area contributed by atoms with E-state index in [0.29, 0.717) is 17.4 Å². The van der Waals surface area contributed by atoms with Gasteiger partial charge in [-0.1, -0.05) is 38.1 Å². The third-order valence-corrected chi connectivity index (χ3v) is 3.20. The second kappa shape index (κ2) is 6.17. The van der Waals surface area contributed by atoms with Crippen molar-refractivity contribution in [2.24, 2.45) is 0 Å². The van der Waals surface area contributed by atoms with Gasteiger partial charge < -0.3 is 15.6 Å². The van der Waals surface area contributed by atoms with Gasteiger partial charge in [0, 0.05) is 11.1 Å². The van der Waals surface area contributed by atoms with Crippen LogP contribution < -0.4 is 11.1 Å². The highest BCUT2D eigenvalue weighted by Crippen LogP contribution is 2.20. The number of aromatic nitrogens is 2. The Morgan fingerprint density at radius 3 is 2.50 bits per heavy atom. The lowest BCUT2D eigenvalue weighted by molar-refractivity contribution is -0.121. The van der Waals surface area contributed by atoms with E-state index in [4.69, 9.17) is 10.3 Å². The number of nitrogens with two attached hydrogens (primary N) is 1. The molecule has 0 spiro atoms. The minimum atomic E-state index is -0.329. The van der Waals surface area contributed by atoms with E-state index in [1.807, 2.05) is 39.8 Å². The van der Waals surface area contributed by atoms with Gasteiger partial charge in [-0.15, -0.1) is 0 Å². The van der Waals surface area contributed by atoms with Crippen LogP contribution in [-0.4, -0.2) is 16.0 Å². The summed E-state index contributed by atoms with van der Waals surface area (Å²) in [6.45, 7) is 7.84. The van der Waals surface area contributed by atoms with Crippen LogP contribution in [0.1, 0.15) is 51.0 Å². The number of nitrogens with one attached hydrogen (secondary N) is 1. The van der Waals surface area contributed by atoms with Crippen LogP contribution in [0.5, 0.6) is 0 Å². The van der Waals surface area contributed by atoms with Crippen LogP contribution >= 0.6 is 0 Å². The molecule has 1 heterocycles. The summed E-state index contributed by atoms with van der Waals surface area (Å²) in [5.41, 5.74) is 7.02. The van der Waals surface area contributed by atoms with Crippen LogP contribution in [0.3, 0.4) is 0 Å². The zero-order chi connectivity index (χ0) is 16.3. The summed E-state index contributed by atoms with van der Waals surface area (Å²) in [5.74, 6) is 0.936. The first-order valence-electron chi connectivity index (χ1n) is 7.23. The number of carbonyl (C=O) groups excluding carboxylic acids is 1. The van der Waals surface area contributed by atoms with Crippen LogP contribution in [-0.2, 0) is 16.6 Å². The molecular formula is C16H22N4O2. The molecular weight excluding hydrogens is 280 g/mol. The van der Waals surface area contributed by atoms with Crippen LogP contribution in [0, 0.1) is 0 Å². The molecule has 0 fully saturated rings. The maximum Gasteiger partial charge on any atom is 0.248 e.